The van der Waals surface area contributed by atoms with Gasteiger partial charge in [0.15, 0.2) is 0 Å². The molecule has 186 valence electrons. The van der Waals surface area contributed by atoms with Crippen LogP contribution in [-0.2, 0) is 18.5 Å². The summed E-state index contributed by atoms with van der Waals surface area (Å²) in [6.07, 6.45) is 7.14. The highest BCUT2D eigenvalue weighted by Crippen LogP contribution is 2.56. The maximum Gasteiger partial charge on any atom is 0.248 e. The van der Waals surface area contributed by atoms with Crippen molar-refractivity contribution in [2.45, 2.75) is 44.7 Å². The topological polar surface area (TPSA) is 51.8 Å². The van der Waals surface area contributed by atoms with Crippen LogP contribution in [0.3, 0.4) is 0 Å². The van der Waals surface area contributed by atoms with Crippen LogP contribution in [0.4, 0.5) is 0 Å². The van der Waals surface area contributed by atoms with Crippen molar-refractivity contribution in [3.63, 3.8) is 0 Å². The van der Waals surface area contributed by atoms with Gasteiger partial charge in [-0.3, -0.25) is 19.5 Å². The molecule has 0 saturated carbocycles. The molecule has 6 heteroatoms. The van der Waals surface area contributed by atoms with E-state index in [9.17, 15) is 4.79 Å². The van der Waals surface area contributed by atoms with Crippen molar-refractivity contribution in [2.24, 2.45) is 11.8 Å². The first-order chi connectivity index (χ1) is 17.0. The molecule has 2 saturated heterocycles. The Labute approximate surface area is 208 Å². The maximum atomic E-state index is 12.2. The van der Waals surface area contributed by atoms with Gasteiger partial charge in [0.1, 0.15) is 5.75 Å². The first kappa shape index (κ1) is 23.0. The summed E-state index contributed by atoms with van der Waals surface area (Å²) < 4.78 is 5.30. The first-order valence-corrected chi connectivity index (χ1v) is 13.3. The van der Waals surface area contributed by atoms with Gasteiger partial charge in [0.25, 0.3) is 0 Å². The van der Waals surface area contributed by atoms with Gasteiger partial charge in [0.2, 0.25) is 5.56 Å². The third-order valence-electron chi connectivity index (χ3n) is 8.99. The number of hydrogen-bond acceptors (Lipinski definition) is 5. The normalized spacial score (nSPS) is 29.3. The quantitative estimate of drug-likeness (QED) is 0.672. The Hall–Kier alpha value is -2.41. The Morgan fingerprint density at radius 2 is 1.80 bits per heavy atom. The molecule has 3 heterocycles. The number of aromatic amines is 1. The summed E-state index contributed by atoms with van der Waals surface area (Å²) in [6, 6.07) is 12.4. The summed E-state index contributed by atoms with van der Waals surface area (Å²) in [7, 11) is 1.72. The van der Waals surface area contributed by atoms with Gasteiger partial charge in [-0.25, -0.2) is 0 Å². The number of pyridine rings is 1. The number of H-pyrrole nitrogens is 1. The zero-order chi connectivity index (χ0) is 24.0. The second-order valence-electron chi connectivity index (χ2n) is 11.1. The van der Waals surface area contributed by atoms with Gasteiger partial charge in [-0.2, -0.15) is 0 Å². The average molecular weight is 475 g/mol. The Morgan fingerprint density at radius 1 is 1.03 bits per heavy atom. The summed E-state index contributed by atoms with van der Waals surface area (Å²) in [5.41, 5.74) is 5.49. The molecule has 1 aromatic heterocycles. The smallest absolute Gasteiger partial charge is 0.248 e. The second kappa shape index (κ2) is 9.23. The number of piperazine rings is 1. The monoisotopic (exact) mass is 474 g/mol. The SMILES string of the molecule is COc1ccc(CN2CCN(CN3CCC[C@@H]4[C@H]5C=C(C)C[C@]43c3ccc(=O)[nH]c3C5)CC2)cc1. The highest BCUT2D eigenvalue weighted by atomic mass is 16.5. The lowest BCUT2D eigenvalue weighted by atomic mass is 9.56. The molecule has 6 rings (SSSR count). The molecule has 0 radical (unpaired) electrons. The molecule has 2 aromatic rings. The van der Waals surface area contributed by atoms with Crippen molar-refractivity contribution in [1.29, 1.82) is 0 Å². The predicted molar refractivity (Wildman–Crippen MR) is 138 cm³/mol. The lowest BCUT2D eigenvalue weighted by Gasteiger charge is -2.60. The van der Waals surface area contributed by atoms with E-state index in [2.05, 4.69) is 63.0 Å². The van der Waals surface area contributed by atoms with Gasteiger partial charge in [0, 0.05) is 51.0 Å². The molecule has 0 unspecified atom stereocenters. The van der Waals surface area contributed by atoms with E-state index < -0.39 is 0 Å². The minimum absolute atomic E-state index is 0.0275. The van der Waals surface area contributed by atoms with E-state index in [4.69, 9.17) is 4.74 Å². The molecule has 2 aliphatic heterocycles. The Balaban J connectivity index is 1.18. The van der Waals surface area contributed by atoms with Crippen LogP contribution in [0.2, 0.25) is 0 Å². The number of rotatable bonds is 5. The van der Waals surface area contributed by atoms with Crippen molar-refractivity contribution in [3.05, 3.63) is 75.2 Å². The van der Waals surface area contributed by atoms with Gasteiger partial charge in [-0.1, -0.05) is 23.8 Å². The van der Waals surface area contributed by atoms with Crippen molar-refractivity contribution in [1.82, 2.24) is 19.7 Å². The number of likely N-dealkylation sites (tertiary alicyclic amines) is 1. The molecule has 2 aliphatic carbocycles. The zero-order valence-corrected chi connectivity index (χ0v) is 21.1. The summed E-state index contributed by atoms with van der Waals surface area (Å²) in [4.78, 5) is 23.4. The molecule has 0 amide bonds. The number of piperidine rings is 1. The fraction of sp³-hybridized carbons (Fsp3) is 0.552. The number of nitrogens with one attached hydrogen (secondary N) is 1. The van der Waals surface area contributed by atoms with Gasteiger partial charge < -0.3 is 9.72 Å². The predicted octanol–water partition coefficient (Wildman–Crippen LogP) is 3.59. The number of aromatic nitrogens is 1. The summed E-state index contributed by atoms with van der Waals surface area (Å²) in [5.74, 6) is 2.11. The van der Waals surface area contributed by atoms with Crippen LogP contribution < -0.4 is 10.3 Å². The average Bonchev–Trinajstić information content (AvgIpc) is 2.85. The van der Waals surface area contributed by atoms with Gasteiger partial charge in [-0.15, -0.1) is 0 Å². The van der Waals surface area contributed by atoms with Crippen molar-refractivity contribution in [3.8, 4) is 5.75 Å². The highest BCUT2D eigenvalue weighted by Gasteiger charge is 2.55. The molecule has 1 aromatic carbocycles. The molecule has 4 aliphatic rings. The zero-order valence-electron chi connectivity index (χ0n) is 21.1. The van der Waals surface area contributed by atoms with Gasteiger partial charge >= 0.3 is 0 Å². The molecule has 2 bridgehead atoms. The summed E-state index contributed by atoms with van der Waals surface area (Å²) in [6.45, 7) is 9.87. The standard InChI is InChI=1S/C29H38N4O2/c1-21-16-23-17-27-26(9-10-28(34)30-27)29(18-21)25(23)4-3-11-33(29)20-32-14-12-31(13-15-32)19-22-5-7-24(35-2)8-6-22/h5-10,16,23,25H,3-4,11-15,17-20H2,1-2H3,(H,30,34)/t23-,25+,29+/m0/s1. The van der Waals surface area contributed by atoms with Crippen molar-refractivity contribution >= 4 is 0 Å². The van der Waals surface area contributed by atoms with E-state index >= 15 is 0 Å². The first-order valence-electron chi connectivity index (χ1n) is 13.3. The van der Waals surface area contributed by atoms with Crippen LogP contribution in [0, 0.1) is 11.8 Å². The minimum Gasteiger partial charge on any atom is -0.497 e. The van der Waals surface area contributed by atoms with E-state index in [-0.39, 0.29) is 11.1 Å². The fourth-order valence-corrected chi connectivity index (χ4v) is 7.45. The molecule has 6 nitrogen and oxygen atoms in total. The Kier molecular flexibility index (Phi) is 6.07. The summed E-state index contributed by atoms with van der Waals surface area (Å²) in [5, 5.41) is 0. The highest BCUT2D eigenvalue weighted by molar-refractivity contribution is 5.40. The van der Waals surface area contributed by atoms with Crippen LogP contribution in [0.25, 0.3) is 0 Å². The number of benzene rings is 1. The molecule has 1 N–H and O–H groups in total. The lowest BCUT2D eigenvalue weighted by Crippen LogP contribution is -2.63. The maximum absolute atomic E-state index is 12.2. The Bertz CT molecular complexity index is 1150. The van der Waals surface area contributed by atoms with Crippen LogP contribution in [-0.4, -0.2) is 66.2 Å². The van der Waals surface area contributed by atoms with Gasteiger partial charge in [0.05, 0.1) is 19.3 Å². The third kappa shape index (κ3) is 4.15. The van der Waals surface area contributed by atoms with Gasteiger partial charge in [-0.05, 0) is 73.8 Å². The minimum atomic E-state index is 0.0275. The lowest BCUT2D eigenvalue weighted by molar-refractivity contribution is -0.0787. The van der Waals surface area contributed by atoms with E-state index in [1.54, 1.807) is 13.2 Å². The number of methoxy groups -OCH3 is 1. The Morgan fingerprint density at radius 3 is 2.57 bits per heavy atom. The number of ether oxygens (including phenoxy) is 1. The van der Waals surface area contributed by atoms with E-state index in [0.717, 1.165) is 64.5 Å². The molecule has 0 spiro atoms. The molecular formula is C29H38N4O2. The van der Waals surface area contributed by atoms with Crippen LogP contribution in [0.15, 0.2) is 52.8 Å². The third-order valence-corrected chi connectivity index (χ3v) is 8.99. The number of allylic oxidation sites excluding steroid dienone is 1. The molecule has 2 fully saturated rings. The van der Waals surface area contributed by atoms with E-state index in [1.165, 1.54) is 35.2 Å². The van der Waals surface area contributed by atoms with Crippen LogP contribution in [0.1, 0.15) is 43.0 Å². The van der Waals surface area contributed by atoms with E-state index in [1.807, 2.05) is 0 Å². The van der Waals surface area contributed by atoms with Crippen LogP contribution in [0.5, 0.6) is 5.75 Å². The molecule has 35 heavy (non-hydrogen) atoms. The summed E-state index contributed by atoms with van der Waals surface area (Å²) >= 11 is 0. The molecule has 3 atom stereocenters. The fourth-order valence-electron chi connectivity index (χ4n) is 7.45. The van der Waals surface area contributed by atoms with Crippen molar-refractivity contribution in [2.75, 3.05) is 46.5 Å². The second-order valence-corrected chi connectivity index (χ2v) is 11.1. The van der Waals surface area contributed by atoms with Crippen LogP contribution >= 0.6 is 0 Å². The molecular weight excluding hydrogens is 436 g/mol. The largest absolute Gasteiger partial charge is 0.497 e. The number of fused-ring (bicyclic) bond motifs is 1. The van der Waals surface area contributed by atoms with E-state index in [0.29, 0.717) is 11.8 Å². The number of hydrogen-bond donors (Lipinski definition) is 1. The van der Waals surface area contributed by atoms with Crippen molar-refractivity contribution < 1.29 is 4.74 Å². The number of nitrogens with zero attached hydrogens (tertiary/aromatic N) is 3.